The lowest BCUT2D eigenvalue weighted by Crippen LogP contribution is -2.08. The van der Waals surface area contributed by atoms with E-state index in [0.717, 1.165) is 0 Å². The van der Waals surface area contributed by atoms with Gasteiger partial charge in [-0.1, -0.05) is 13.8 Å². The molecule has 0 atom stereocenters. The zero-order valence-corrected chi connectivity index (χ0v) is 13.9. The van der Waals surface area contributed by atoms with Crippen molar-refractivity contribution in [1.29, 1.82) is 0 Å². The molecule has 0 spiro atoms. The number of imidazole rings is 1. The summed E-state index contributed by atoms with van der Waals surface area (Å²) >= 11 is 0. The van der Waals surface area contributed by atoms with E-state index in [1.165, 1.54) is 32.5 Å². The Morgan fingerprint density at radius 2 is 1.83 bits per heavy atom. The van der Waals surface area contributed by atoms with Gasteiger partial charge in [0, 0.05) is 11.8 Å². The van der Waals surface area contributed by atoms with Gasteiger partial charge in [-0.3, -0.25) is 4.40 Å². The Labute approximate surface area is 138 Å². The lowest BCUT2D eigenvalue weighted by atomic mass is 10.2. The van der Waals surface area contributed by atoms with Gasteiger partial charge in [0.2, 0.25) is 5.88 Å². The van der Waals surface area contributed by atoms with Crippen molar-refractivity contribution in [2.45, 2.75) is 13.8 Å². The molecule has 126 valence electrons. The van der Waals surface area contributed by atoms with Crippen molar-refractivity contribution in [3.63, 3.8) is 0 Å². The van der Waals surface area contributed by atoms with Crippen LogP contribution >= 0.6 is 0 Å². The van der Waals surface area contributed by atoms with Crippen LogP contribution in [0.15, 0.2) is 36.7 Å². The summed E-state index contributed by atoms with van der Waals surface area (Å²) in [5, 5.41) is 0. The molecule has 24 heavy (non-hydrogen) atoms. The first-order chi connectivity index (χ1) is 11.6. The van der Waals surface area contributed by atoms with E-state index in [1.807, 2.05) is 13.8 Å². The molecule has 2 aromatic heterocycles. The van der Waals surface area contributed by atoms with Crippen LogP contribution in [0, 0.1) is 5.82 Å². The smallest absolute Gasteiger partial charge is 0.358 e. The van der Waals surface area contributed by atoms with Gasteiger partial charge < -0.3 is 9.47 Å². The number of ether oxygens (including phenoxy) is 2. The highest BCUT2D eigenvalue weighted by Gasteiger charge is 2.17. The van der Waals surface area contributed by atoms with Crippen LogP contribution in [0.5, 0.6) is 5.88 Å². The number of hydrogen-bond acceptors (Lipinski definition) is 5. The molecule has 7 heteroatoms. The SMILES string of the molecule is CC.COC(=O)c1cn2c(-c3ccc(F)cc3)ncc2c(OC)n1. The Balaban J connectivity index is 0.00000100. The molecule has 0 saturated carbocycles. The summed E-state index contributed by atoms with van der Waals surface area (Å²) in [4.78, 5) is 20.1. The Morgan fingerprint density at radius 3 is 2.42 bits per heavy atom. The molecule has 3 aromatic rings. The maximum Gasteiger partial charge on any atom is 0.358 e. The first kappa shape index (κ1) is 17.4. The zero-order valence-electron chi connectivity index (χ0n) is 13.9. The minimum Gasteiger partial charge on any atom is -0.479 e. The fourth-order valence-electron chi connectivity index (χ4n) is 2.13. The summed E-state index contributed by atoms with van der Waals surface area (Å²) in [5.74, 6) is -0.123. The fraction of sp³-hybridized carbons (Fsp3) is 0.235. The van der Waals surface area contributed by atoms with E-state index >= 15 is 0 Å². The van der Waals surface area contributed by atoms with Crippen LogP contribution in [-0.4, -0.2) is 34.6 Å². The number of aromatic nitrogens is 3. The Bertz CT molecular complexity index is 844. The van der Waals surface area contributed by atoms with Gasteiger partial charge in [-0.05, 0) is 24.3 Å². The van der Waals surface area contributed by atoms with Crippen molar-refractivity contribution >= 4 is 11.5 Å². The van der Waals surface area contributed by atoms with Gasteiger partial charge in [-0.25, -0.2) is 19.2 Å². The number of esters is 1. The second-order valence-electron chi connectivity index (χ2n) is 4.47. The van der Waals surface area contributed by atoms with Crippen molar-refractivity contribution in [1.82, 2.24) is 14.4 Å². The van der Waals surface area contributed by atoms with Crippen molar-refractivity contribution in [2.24, 2.45) is 0 Å². The van der Waals surface area contributed by atoms with E-state index in [-0.39, 0.29) is 17.4 Å². The van der Waals surface area contributed by atoms with Crippen molar-refractivity contribution in [2.75, 3.05) is 14.2 Å². The zero-order chi connectivity index (χ0) is 17.7. The Kier molecular flexibility index (Phi) is 5.47. The van der Waals surface area contributed by atoms with Crippen molar-refractivity contribution in [3.8, 4) is 17.3 Å². The van der Waals surface area contributed by atoms with Gasteiger partial charge in [0.15, 0.2) is 5.69 Å². The van der Waals surface area contributed by atoms with E-state index in [0.29, 0.717) is 16.9 Å². The molecule has 0 N–H and O–H groups in total. The molecule has 6 nitrogen and oxygen atoms in total. The maximum absolute atomic E-state index is 13.1. The van der Waals surface area contributed by atoms with Gasteiger partial charge in [0.25, 0.3) is 0 Å². The molecular weight excluding hydrogens is 313 g/mol. The van der Waals surface area contributed by atoms with Gasteiger partial charge in [-0.2, -0.15) is 0 Å². The van der Waals surface area contributed by atoms with Crippen molar-refractivity contribution < 1.29 is 18.7 Å². The topological polar surface area (TPSA) is 65.7 Å². The predicted molar refractivity (Wildman–Crippen MR) is 87.6 cm³/mol. The molecular formula is C17H18FN3O3. The number of rotatable bonds is 3. The minimum atomic E-state index is -0.584. The highest BCUT2D eigenvalue weighted by Crippen LogP contribution is 2.25. The molecule has 0 saturated heterocycles. The number of carbonyl (C=O) groups is 1. The molecule has 0 aliphatic heterocycles. The summed E-state index contributed by atoms with van der Waals surface area (Å²) in [6.45, 7) is 4.00. The minimum absolute atomic E-state index is 0.0909. The van der Waals surface area contributed by atoms with Gasteiger partial charge in [-0.15, -0.1) is 0 Å². The highest BCUT2D eigenvalue weighted by atomic mass is 19.1. The summed E-state index contributed by atoms with van der Waals surface area (Å²) < 4.78 is 24.6. The number of methoxy groups -OCH3 is 2. The second kappa shape index (κ2) is 7.54. The summed E-state index contributed by atoms with van der Waals surface area (Å²) in [6.07, 6.45) is 3.08. The number of hydrogen-bond donors (Lipinski definition) is 0. The maximum atomic E-state index is 13.1. The van der Waals surface area contributed by atoms with Gasteiger partial charge in [0.1, 0.15) is 17.2 Å². The molecule has 0 unspecified atom stereocenters. The van der Waals surface area contributed by atoms with E-state index in [4.69, 9.17) is 4.74 Å². The summed E-state index contributed by atoms with van der Waals surface area (Å²) in [5.41, 5.74) is 1.38. The van der Waals surface area contributed by atoms with E-state index in [2.05, 4.69) is 14.7 Å². The molecule has 0 radical (unpaired) electrons. The van der Waals surface area contributed by atoms with Gasteiger partial charge >= 0.3 is 5.97 Å². The van der Waals surface area contributed by atoms with Crippen LogP contribution in [0.1, 0.15) is 24.3 Å². The van der Waals surface area contributed by atoms with Crippen LogP contribution in [0.25, 0.3) is 16.9 Å². The average molecular weight is 331 g/mol. The second-order valence-corrected chi connectivity index (χ2v) is 4.47. The van der Waals surface area contributed by atoms with E-state index < -0.39 is 5.97 Å². The summed E-state index contributed by atoms with van der Waals surface area (Å²) in [7, 11) is 2.73. The lowest BCUT2D eigenvalue weighted by molar-refractivity contribution is 0.0592. The Morgan fingerprint density at radius 1 is 1.17 bits per heavy atom. The molecule has 1 aromatic carbocycles. The van der Waals surface area contributed by atoms with Crippen molar-refractivity contribution in [3.05, 3.63) is 48.2 Å². The third kappa shape index (κ3) is 3.19. The largest absolute Gasteiger partial charge is 0.479 e. The van der Waals surface area contributed by atoms with Crippen LogP contribution in [0.2, 0.25) is 0 Å². The molecule has 0 aliphatic rings. The molecule has 0 fully saturated rings. The number of halogens is 1. The number of carbonyl (C=O) groups excluding carboxylic acids is 1. The third-order valence-electron chi connectivity index (χ3n) is 3.18. The normalized spacial score (nSPS) is 10.0. The van der Waals surface area contributed by atoms with E-state index in [1.54, 1.807) is 22.7 Å². The monoisotopic (exact) mass is 331 g/mol. The van der Waals surface area contributed by atoms with E-state index in [9.17, 15) is 9.18 Å². The van der Waals surface area contributed by atoms with Crippen LogP contribution in [-0.2, 0) is 4.74 Å². The first-order valence-electron chi connectivity index (χ1n) is 7.40. The number of fused-ring (bicyclic) bond motifs is 1. The highest BCUT2D eigenvalue weighted by molar-refractivity contribution is 5.87. The van der Waals surface area contributed by atoms with Crippen LogP contribution < -0.4 is 4.74 Å². The van der Waals surface area contributed by atoms with Crippen LogP contribution in [0.4, 0.5) is 4.39 Å². The summed E-state index contributed by atoms with van der Waals surface area (Å²) in [6, 6.07) is 5.90. The first-order valence-corrected chi connectivity index (χ1v) is 7.40. The molecule has 2 heterocycles. The molecule has 0 bridgehead atoms. The number of benzene rings is 1. The fourth-order valence-corrected chi connectivity index (χ4v) is 2.13. The third-order valence-corrected chi connectivity index (χ3v) is 3.18. The predicted octanol–water partition coefficient (Wildman–Crippen LogP) is 3.36. The van der Waals surface area contributed by atoms with Crippen LogP contribution in [0.3, 0.4) is 0 Å². The molecule has 0 amide bonds. The van der Waals surface area contributed by atoms with Gasteiger partial charge in [0.05, 0.1) is 20.4 Å². The average Bonchev–Trinajstić information content (AvgIpc) is 3.06. The molecule has 3 rings (SSSR count). The quantitative estimate of drug-likeness (QED) is 0.689. The lowest BCUT2D eigenvalue weighted by Gasteiger charge is -2.07. The molecule has 0 aliphatic carbocycles. The standard InChI is InChI=1S/C15H12FN3O3.C2H6/c1-21-14-12-7-17-13(9-3-5-10(16)6-4-9)19(12)8-11(18-14)15(20)22-2;1-2/h3-8H,1-2H3;1-2H3. The Hall–Kier alpha value is -2.96. The number of nitrogens with zero attached hydrogens (tertiary/aromatic N) is 3.